The van der Waals surface area contributed by atoms with Gasteiger partial charge in [0.15, 0.2) is 5.78 Å². The zero-order chi connectivity index (χ0) is 13.2. The second kappa shape index (κ2) is 5.43. The topological polar surface area (TPSA) is 35.5 Å². The van der Waals surface area contributed by atoms with Crippen molar-refractivity contribution in [2.24, 2.45) is 5.92 Å². The van der Waals surface area contributed by atoms with Gasteiger partial charge in [0.1, 0.15) is 0 Å². The molecule has 1 aromatic carbocycles. The van der Waals surface area contributed by atoms with Crippen LogP contribution in [0, 0.1) is 5.92 Å². The first-order valence-electron chi connectivity index (χ1n) is 7.10. The Hall–Kier alpha value is -1.19. The van der Waals surface area contributed by atoms with Gasteiger partial charge in [0.25, 0.3) is 0 Å². The summed E-state index contributed by atoms with van der Waals surface area (Å²) < 4.78 is 10.9. The lowest BCUT2D eigenvalue weighted by molar-refractivity contribution is -0.0246. The van der Waals surface area contributed by atoms with Crippen LogP contribution in [0.4, 0.5) is 0 Å². The van der Waals surface area contributed by atoms with Crippen LogP contribution in [0.15, 0.2) is 18.2 Å². The predicted molar refractivity (Wildman–Crippen MR) is 72.0 cm³/mol. The highest BCUT2D eigenvalue weighted by Gasteiger charge is 2.31. The summed E-state index contributed by atoms with van der Waals surface area (Å²) in [6, 6.07) is 5.97. The monoisotopic (exact) mass is 260 g/mol. The number of rotatable bonds is 5. The van der Waals surface area contributed by atoms with Crippen LogP contribution < -0.4 is 0 Å². The zero-order valence-corrected chi connectivity index (χ0v) is 11.4. The summed E-state index contributed by atoms with van der Waals surface area (Å²) in [6.07, 6.45) is 3.11. The van der Waals surface area contributed by atoms with E-state index in [-0.39, 0.29) is 5.78 Å². The zero-order valence-electron chi connectivity index (χ0n) is 11.4. The molecule has 0 saturated heterocycles. The molecule has 1 aliphatic carbocycles. The average molecular weight is 260 g/mol. The van der Waals surface area contributed by atoms with E-state index in [1.165, 1.54) is 11.1 Å². The van der Waals surface area contributed by atoms with Crippen molar-refractivity contribution in [1.82, 2.24) is 0 Å². The molecule has 102 valence electrons. The van der Waals surface area contributed by atoms with E-state index in [1.807, 2.05) is 25.1 Å². The molecule has 3 rings (SSSR count). The van der Waals surface area contributed by atoms with Crippen LogP contribution >= 0.6 is 0 Å². The number of ether oxygens (including phenoxy) is 2. The molecule has 0 amide bonds. The number of carbonyl (C=O) groups excluding carboxylic acids is 1. The summed E-state index contributed by atoms with van der Waals surface area (Å²) in [5.74, 6) is 0.767. The Bertz CT molecular complexity index is 475. The summed E-state index contributed by atoms with van der Waals surface area (Å²) >= 11 is 0. The van der Waals surface area contributed by atoms with E-state index in [0.29, 0.717) is 31.7 Å². The Balaban J connectivity index is 1.56. The van der Waals surface area contributed by atoms with Crippen molar-refractivity contribution in [3.05, 3.63) is 34.9 Å². The summed E-state index contributed by atoms with van der Waals surface area (Å²) in [5, 5.41) is 0. The smallest absolute Gasteiger partial charge is 0.163 e. The Kier molecular flexibility index (Phi) is 3.67. The fraction of sp³-hybridized carbons (Fsp3) is 0.562. The molecule has 1 fully saturated rings. The van der Waals surface area contributed by atoms with Crippen molar-refractivity contribution < 1.29 is 14.3 Å². The van der Waals surface area contributed by atoms with E-state index >= 15 is 0 Å². The van der Waals surface area contributed by atoms with Gasteiger partial charge in [0, 0.05) is 18.6 Å². The number of Topliss-reactive ketones (excluding diaryl/α,β-unsaturated/α-hetero) is 1. The van der Waals surface area contributed by atoms with E-state index in [0.717, 1.165) is 25.0 Å². The number of ketones is 1. The lowest BCUT2D eigenvalue weighted by Gasteiger charge is -2.34. The fourth-order valence-electron chi connectivity index (χ4n) is 2.94. The van der Waals surface area contributed by atoms with Crippen molar-refractivity contribution in [2.75, 3.05) is 6.61 Å². The molecule has 0 radical (unpaired) electrons. The van der Waals surface area contributed by atoms with Crippen molar-refractivity contribution >= 4 is 5.78 Å². The Labute approximate surface area is 113 Å². The van der Waals surface area contributed by atoms with Crippen molar-refractivity contribution in [1.29, 1.82) is 0 Å². The first-order chi connectivity index (χ1) is 9.26. The molecule has 3 nitrogen and oxygen atoms in total. The minimum Gasteiger partial charge on any atom is -0.378 e. The molecule has 1 saturated carbocycles. The molecule has 3 heteroatoms. The van der Waals surface area contributed by atoms with Gasteiger partial charge in [-0.05, 0) is 42.9 Å². The predicted octanol–water partition coefficient (Wildman–Crippen LogP) is 3.10. The summed E-state index contributed by atoms with van der Waals surface area (Å²) in [5.41, 5.74) is 3.23. The SMILES string of the molecule is CCOC1CC(CC(=O)c2ccc3c(c2)COC3)C1. The molecule has 0 atom stereocenters. The molecule has 0 unspecified atom stereocenters. The molecule has 2 aliphatic rings. The summed E-state index contributed by atoms with van der Waals surface area (Å²) in [6.45, 7) is 4.12. The van der Waals surface area contributed by atoms with Crippen molar-refractivity contribution in [3.8, 4) is 0 Å². The summed E-state index contributed by atoms with van der Waals surface area (Å²) in [4.78, 5) is 12.2. The van der Waals surface area contributed by atoms with E-state index in [2.05, 4.69) is 0 Å². The third-order valence-electron chi connectivity index (χ3n) is 4.11. The fourth-order valence-corrected chi connectivity index (χ4v) is 2.94. The van der Waals surface area contributed by atoms with Crippen molar-refractivity contribution in [2.45, 2.75) is 45.5 Å². The lowest BCUT2D eigenvalue weighted by Crippen LogP contribution is -2.32. The summed E-state index contributed by atoms with van der Waals surface area (Å²) in [7, 11) is 0. The number of hydrogen-bond acceptors (Lipinski definition) is 3. The maximum absolute atomic E-state index is 12.2. The molecule has 0 spiro atoms. The molecule has 0 N–H and O–H groups in total. The van der Waals surface area contributed by atoms with Gasteiger partial charge < -0.3 is 9.47 Å². The standard InChI is InChI=1S/C16H20O3/c1-2-19-15-5-11(6-15)7-16(17)12-3-4-13-9-18-10-14(13)8-12/h3-4,8,11,15H,2,5-7,9-10H2,1H3. The van der Waals surface area contributed by atoms with Crippen molar-refractivity contribution in [3.63, 3.8) is 0 Å². The van der Waals surface area contributed by atoms with Gasteiger partial charge in [0.05, 0.1) is 19.3 Å². The second-order valence-corrected chi connectivity index (χ2v) is 5.52. The maximum Gasteiger partial charge on any atom is 0.163 e. The maximum atomic E-state index is 12.2. The van der Waals surface area contributed by atoms with Crippen LogP contribution in [0.2, 0.25) is 0 Å². The first-order valence-corrected chi connectivity index (χ1v) is 7.10. The average Bonchev–Trinajstić information content (AvgIpc) is 2.83. The van der Waals surface area contributed by atoms with Crippen LogP contribution in [0.3, 0.4) is 0 Å². The minimum absolute atomic E-state index is 0.259. The van der Waals surface area contributed by atoms with Gasteiger partial charge in [-0.15, -0.1) is 0 Å². The highest BCUT2D eigenvalue weighted by molar-refractivity contribution is 5.96. The Morgan fingerprint density at radius 2 is 2.11 bits per heavy atom. The van der Waals surface area contributed by atoms with E-state index in [9.17, 15) is 4.79 Å². The van der Waals surface area contributed by atoms with Gasteiger partial charge >= 0.3 is 0 Å². The lowest BCUT2D eigenvalue weighted by atomic mass is 9.78. The normalized spacial score (nSPS) is 24.9. The molecule has 1 aliphatic heterocycles. The molecular weight excluding hydrogens is 240 g/mol. The molecule has 0 bridgehead atoms. The van der Waals surface area contributed by atoms with Gasteiger partial charge in [-0.3, -0.25) is 4.79 Å². The Morgan fingerprint density at radius 1 is 1.32 bits per heavy atom. The van der Waals surface area contributed by atoms with E-state index in [4.69, 9.17) is 9.47 Å². The van der Waals surface area contributed by atoms with Crippen LogP contribution in [-0.4, -0.2) is 18.5 Å². The number of benzene rings is 1. The van der Waals surface area contributed by atoms with Crippen LogP contribution in [0.5, 0.6) is 0 Å². The largest absolute Gasteiger partial charge is 0.378 e. The number of fused-ring (bicyclic) bond motifs is 1. The van der Waals surface area contributed by atoms with E-state index < -0.39 is 0 Å². The second-order valence-electron chi connectivity index (χ2n) is 5.52. The molecule has 1 heterocycles. The third-order valence-corrected chi connectivity index (χ3v) is 4.11. The van der Waals surface area contributed by atoms with Gasteiger partial charge in [-0.1, -0.05) is 12.1 Å². The Morgan fingerprint density at radius 3 is 2.89 bits per heavy atom. The van der Waals surface area contributed by atoms with Crippen LogP contribution in [0.25, 0.3) is 0 Å². The quantitative estimate of drug-likeness (QED) is 0.763. The molecule has 19 heavy (non-hydrogen) atoms. The van der Waals surface area contributed by atoms with Gasteiger partial charge in [0.2, 0.25) is 0 Å². The third kappa shape index (κ3) is 2.72. The van der Waals surface area contributed by atoms with E-state index in [1.54, 1.807) is 0 Å². The van der Waals surface area contributed by atoms with Gasteiger partial charge in [-0.25, -0.2) is 0 Å². The molecular formula is C16H20O3. The minimum atomic E-state index is 0.259. The first kappa shape index (κ1) is 12.8. The van der Waals surface area contributed by atoms with Crippen LogP contribution in [0.1, 0.15) is 47.7 Å². The highest BCUT2D eigenvalue weighted by atomic mass is 16.5. The number of hydrogen-bond donors (Lipinski definition) is 0. The molecule has 0 aromatic heterocycles. The van der Waals surface area contributed by atoms with Crippen LogP contribution in [-0.2, 0) is 22.7 Å². The van der Waals surface area contributed by atoms with Gasteiger partial charge in [-0.2, -0.15) is 0 Å². The highest BCUT2D eigenvalue weighted by Crippen LogP contribution is 2.34. The molecule has 1 aromatic rings. The number of carbonyl (C=O) groups is 1.